The molecule has 5 aromatic rings. The molecule has 2 aromatic heterocycles. The van der Waals surface area contributed by atoms with Crippen LogP contribution in [0.2, 0.25) is 0 Å². The molecule has 1 N–H and O–H groups in total. The average molecular weight is 425 g/mol. The van der Waals surface area contributed by atoms with Crippen molar-refractivity contribution in [1.29, 1.82) is 0 Å². The predicted octanol–water partition coefficient (Wildman–Crippen LogP) is 5.02. The number of nitrogens with one attached hydrogen (secondary N) is 1. The fourth-order valence-corrected chi connectivity index (χ4v) is 4.36. The highest BCUT2D eigenvalue weighted by Gasteiger charge is 2.21. The summed E-state index contributed by atoms with van der Waals surface area (Å²) in [7, 11) is 0. The van der Waals surface area contributed by atoms with Gasteiger partial charge in [-0.3, -0.25) is 0 Å². The molecule has 0 saturated carbocycles. The lowest BCUT2D eigenvalue weighted by atomic mass is 10.0. The summed E-state index contributed by atoms with van der Waals surface area (Å²) in [6, 6.07) is 17.3. The molecule has 158 valence electrons. The van der Waals surface area contributed by atoms with Crippen LogP contribution in [0.25, 0.3) is 33.1 Å². The van der Waals surface area contributed by atoms with Crippen molar-refractivity contribution in [3.05, 3.63) is 78.1 Å². The molecule has 0 spiro atoms. The topological polar surface area (TPSA) is 66.9 Å². The second kappa shape index (κ2) is 7.30. The van der Waals surface area contributed by atoms with Crippen LogP contribution in [0.1, 0.15) is 11.4 Å². The Kier molecular flexibility index (Phi) is 4.28. The predicted molar refractivity (Wildman–Crippen MR) is 122 cm³/mol. The van der Waals surface area contributed by atoms with E-state index in [-0.39, 0.29) is 5.82 Å². The summed E-state index contributed by atoms with van der Waals surface area (Å²) >= 11 is 0. The van der Waals surface area contributed by atoms with E-state index >= 15 is 0 Å². The monoisotopic (exact) mass is 425 g/mol. The van der Waals surface area contributed by atoms with Crippen molar-refractivity contribution in [2.24, 2.45) is 0 Å². The number of hydrogen-bond donors (Lipinski definition) is 1. The van der Waals surface area contributed by atoms with Crippen LogP contribution in [0.15, 0.2) is 60.9 Å². The number of nitrogens with zero attached hydrogens (tertiary/aromatic N) is 4. The highest BCUT2D eigenvalue weighted by Crippen LogP contribution is 2.33. The SMILES string of the molecule is Cc1nc2ccc(-c3ccc4c(c3)CN(c3ncnc5cccc(F)c35)CCO4)cc2[nH]1. The van der Waals surface area contributed by atoms with Gasteiger partial charge < -0.3 is 14.6 Å². The third-order valence-corrected chi connectivity index (χ3v) is 5.87. The maximum absolute atomic E-state index is 14.7. The zero-order valence-electron chi connectivity index (χ0n) is 17.5. The molecular formula is C25H20FN5O. The third-order valence-electron chi connectivity index (χ3n) is 5.87. The minimum absolute atomic E-state index is 0.319. The van der Waals surface area contributed by atoms with Crippen molar-refractivity contribution in [2.75, 3.05) is 18.1 Å². The Hall–Kier alpha value is -4.00. The van der Waals surface area contributed by atoms with Crippen LogP contribution < -0.4 is 9.64 Å². The van der Waals surface area contributed by atoms with Gasteiger partial charge in [-0.05, 0) is 54.4 Å². The van der Waals surface area contributed by atoms with Crippen molar-refractivity contribution < 1.29 is 9.13 Å². The van der Waals surface area contributed by atoms with E-state index in [2.05, 4.69) is 49.1 Å². The van der Waals surface area contributed by atoms with Gasteiger partial charge in [-0.1, -0.05) is 18.2 Å². The summed E-state index contributed by atoms with van der Waals surface area (Å²) in [5, 5.41) is 0.440. The molecule has 0 bridgehead atoms. The van der Waals surface area contributed by atoms with Crippen LogP contribution in [-0.4, -0.2) is 33.1 Å². The Bertz CT molecular complexity index is 1470. The zero-order valence-corrected chi connectivity index (χ0v) is 17.5. The molecule has 3 heterocycles. The zero-order chi connectivity index (χ0) is 21.7. The van der Waals surface area contributed by atoms with Crippen LogP contribution in [0.5, 0.6) is 5.75 Å². The first-order valence-electron chi connectivity index (χ1n) is 10.5. The number of hydrogen-bond acceptors (Lipinski definition) is 5. The normalized spacial score (nSPS) is 13.8. The Labute approximate surface area is 183 Å². The molecule has 0 amide bonds. The molecule has 0 radical (unpaired) electrons. The molecule has 0 atom stereocenters. The van der Waals surface area contributed by atoms with E-state index < -0.39 is 0 Å². The number of fused-ring (bicyclic) bond motifs is 3. The quantitative estimate of drug-likeness (QED) is 0.430. The van der Waals surface area contributed by atoms with Gasteiger partial charge in [0.1, 0.15) is 36.1 Å². The van der Waals surface area contributed by atoms with Gasteiger partial charge in [-0.2, -0.15) is 0 Å². The number of ether oxygens (including phenoxy) is 1. The summed E-state index contributed by atoms with van der Waals surface area (Å²) < 4.78 is 20.7. The summed E-state index contributed by atoms with van der Waals surface area (Å²) in [5.41, 5.74) is 5.77. The van der Waals surface area contributed by atoms with E-state index in [1.807, 2.05) is 19.1 Å². The molecule has 3 aromatic carbocycles. The fraction of sp³-hybridized carbons (Fsp3) is 0.160. The summed E-state index contributed by atoms with van der Waals surface area (Å²) in [4.78, 5) is 18.5. The van der Waals surface area contributed by atoms with E-state index in [1.54, 1.807) is 12.1 Å². The maximum atomic E-state index is 14.7. The van der Waals surface area contributed by atoms with Crippen molar-refractivity contribution >= 4 is 27.8 Å². The molecule has 0 saturated heterocycles. The van der Waals surface area contributed by atoms with Crippen LogP contribution in [-0.2, 0) is 6.54 Å². The second-order valence-electron chi connectivity index (χ2n) is 7.98. The number of aryl methyl sites for hydroxylation is 1. The smallest absolute Gasteiger partial charge is 0.143 e. The number of aromatic nitrogens is 4. The molecule has 0 aliphatic carbocycles. The number of H-pyrrole nitrogens is 1. The number of halogens is 1. The van der Waals surface area contributed by atoms with Crippen LogP contribution in [0.4, 0.5) is 10.2 Å². The van der Waals surface area contributed by atoms with Gasteiger partial charge >= 0.3 is 0 Å². The summed E-state index contributed by atoms with van der Waals surface area (Å²) in [6.45, 7) is 3.61. The Morgan fingerprint density at radius 3 is 2.81 bits per heavy atom. The van der Waals surface area contributed by atoms with Gasteiger partial charge in [0.05, 0.1) is 28.5 Å². The van der Waals surface area contributed by atoms with Gasteiger partial charge in [0.2, 0.25) is 0 Å². The Morgan fingerprint density at radius 1 is 1.00 bits per heavy atom. The molecule has 1 aliphatic rings. The van der Waals surface area contributed by atoms with Crippen LogP contribution in [0.3, 0.4) is 0 Å². The number of benzene rings is 3. The molecule has 32 heavy (non-hydrogen) atoms. The maximum Gasteiger partial charge on any atom is 0.143 e. The lowest BCUT2D eigenvalue weighted by Crippen LogP contribution is -2.26. The lowest BCUT2D eigenvalue weighted by Gasteiger charge is -2.22. The van der Waals surface area contributed by atoms with Crippen LogP contribution in [0, 0.1) is 12.7 Å². The first kappa shape index (κ1) is 18.7. The molecule has 0 fully saturated rings. The number of imidazole rings is 1. The van der Waals surface area contributed by atoms with E-state index in [9.17, 15) is 4.39 Å². The highest BCUT2D eigenvalue weighted by molar-refractivity contribution is 5.90. The molecule has 1 aliphatic heterocycles. The summed E-state index contributed by atoms with van der Waals surface area (Å²) in [6.07, 6.45) is 1.49. The number of aromatic amines is 1. The first-order chi connectivity index (χ1) is 15.7. The third kappa shape index (κ3) is 3.13. The standard InChI is InChI=1S/C25H20FN5O/c1-15-29-20-7-5-17(12-22(20)30-15)16-6-8-23-18(11-16)13-31(9-10-32-23)25-24-19(26)3-2-4-21(24)27-14-28-25/h2-8,11-12,14H,9-10,13H2,1H3,(H,29,30). The van der Waals surface area contributed by atoms with Gasteiger partial charge in [-0.15, -0.1) is 0 Å². The van der Waals surface area contributed by atoms with Gasteiger partial charge in [0, 0.05) is 12.1 Å². The van der Waals surface area contributed by atoms with Crippen LogP contribution >= 0.6 is 0 Å². The van der Waals surface area contributed by atoms with Crippen molar-refractivity contribution in [3.63, 3.8) is 0 Å². The number of anilines is 1. The van der Waals surface area contributed by atoms with E-state index in [1.165, 1.54) is 12.4 Å². The summed E-state index contributed by atoms with van der Waals surface area (Å²) in [5.74, 6) is 2.01. The van der Waals surface area contributed by atoms with E-state index in [0.29, 0.717) is 36.4 Å². The van der Waals surface area contributed by atoms with Gasteiger partial charge in [0.15, 0.2) is 0 Å². The Balaban J connectivity index is 1.41. The Morgan fingerprint density at radius 2 is 1.88 bits per heavy atom. The van der Waals surface area contributed by atoms with E-state index in [0.717, 1.165) is 39.3 Å². The minimum Gasteiger partial charge on any atom is -0.491 e. The van der Waals surface area contributed by atoms with Gasteiger partial charge in [-0.25, -0.2) is 19.3 Å². The molecule has 7 heteroatoms. The molecule has 6 nitrogen and oxygen atoms in total. The van der Waals surface area contributed by atoms with E-state index in [4.69, 9.17) is 4.74 Å². The highest BCUT2D eigenvalue weighted by atomic mass is 19.1. The second-order valence-corrected chi connectivity index (χ2v) is 7.98. The molecule has 6 rings (SSSR count). The number of rotatable bonds is 2. The molecular weight excluding hydrogens is 405 g/mol. The lowest BCUT2D eigenvalue weighted by molar-refractivity contribution is 0.331. The minimum atomic E-state index is -0.319. The largest absolute Gasteiger partial charge is 0.491 e. The first-order valence-corrected chi connectivity index (χ1v) is 10.5. The van der Waals surface area contributed by atoms with Gasteiger partial charge in [0.25, 0.3) is 0 Å². The average Bonchev–Trinajstić information content (AvgIpc) is 3.04. The fourth-order valence-electron chi connectivity index (χ4n) is 4.36. The van der Waals surface area contributed by atoms with Crippen molar-refractivity contribution in [3.8, 4) is 16.9 Å². The van der Waals surface area contributed by atoms with Crippen molar-refractivity contribution in [2.45, 2.75) is 13.5 Å². The molecule has 0 unspecified atom stereocenters. The van der Waals surface area contributed by atoms with Crippen molar-refractivity contribution in [1.82, 2.24) is 19.9 Å².